The van der Waals surface area contributed by atoms with Gasteiger partial charge in [-0.05, 0) is 74.9 Å². The van der Waals surface area contributed by atoms with E-state index in [1.807, 2.05) is 27.7 Å². The molecular formula is C43H50O6. The van der Waals surface area contributed by atoms with Gasteiger partial charge >= 0.3 is 0 Å². The fraction of sp³-hybridized carbons (Fsp3) is 0.349. The lowest BCUT2D eigenvalue weighted by Crippen LogP contribution is -2.31. The third-order valence-corrected chi connectivity index (χ3v) is 8.92. The van der Waals surface area contributed by atoms with E-state index in [9.17, 15) is 0 Å². The molecule has 0 saturated heterocycles. The Hall–Kier alpha value is -4.84. The first kappa shape index (κ1) is 35.5. The second-order valence-corrected chi connectivity index (χ2v) is 11.8. The maximum absolute atomic E-state index is 6.77. The monoisotopic (exact) mass is 662 g/mol. The fourth-order valence-electron chi connectivity index (χ4n) is 7.39. The van der Waals surface area contributed by atoms with Crippen molar-refractivity contribution in [2.45, 2.75) is 72.6 Å². The molecule has 0 unspecified atom stereocenters. The standard InChI is InChI=1S/C43H50O6/c1-9-21-31-39(46-13-5)35(27-37(44-11-3)41(31)48-15-7)43(33-25-19-17-23-29(33)30-24-18-20-26-34(30)43)36-28-38(45-12-4)42(49-16-8)32(22-10-2)40(36)47-14-6/h15-20,23-28H,7-14,21-22H2,1-6H3. The summed E-state index contributed by atoms with van der Waals surface area (Å²) >= 11 is 0. The van der Waals surface area contributed by atoms with Crippen LogP contribution < -0.4 is 28.4 Å². The molecule has 0 saturated carbocycles. The van der Waals surface area contributed by atoms with E-state index >= 15 is 0 Å². The Labute approximate surface area is 292 Å². The molecule has 4 aromatic carbocycles. The summed E-state index contributed by atoms with van der Waals surface area (Å²) in [5, 5.41) is 0. The van der Waals surface area contributed by atoms with Crippen LogP contribution in [-0.4, -0.2) is 26.4 Å². The van der Waals surface area contributed by atoms with E-state index in [-0.39, 0.29) is 0 Å². The summed E-state index contributed by atoms with van der Waals surface area (Å²) in [6, 6.07) is 21.5. The van der Waals surface area contributed by atoms with Gasteiger partial charge in [-0.15, -0.1) is 0 Å². The van der Waals surface area contributed by atoms with E-state index in [4.69, 9.17) is 28.4 Å². The van der Waals surface area contributed by atoms with Crippen molar-refractivity contribution in [2.75, 3.05) is 26.4 Å². The zero-order valence-electron chi connectivity index (χ0n) is 29.9. The number of hydrogen-bond acceptors (Lipinski definition) is 6. The predicted molar refractivity (Wildman–Crippen MR) is 198 cm³/mol. The Kier molecular flexibility index (Phi) is 11.6. The van der Waals surface area contributed by atoms with Gasteiger partial charge in [0.05, 0.1) is 44.4 Å². The first-order chi connectivity index (χ1) is 24.0. The minimum absolute atomic E-state index is 0.458. The third-order valence-electron chi connectivity index (χ3n) is 8.92. The summed E-state index contributed by atoms with van der Waals surface area (Å²) in [6.07, 6.45) is 6.08. The summed E-state index contributed by atoms with van der Waals surface area (Å²) in [5.41, 5.74) is 7.37. The van der Waals surface area contributed by atoms with Crippen LogP contribution in [0.2, 0.25) is 0 Å². The Morgan fingerprint density at radius 2 is 0.898 bits per heavy atom. The molecular weight excluding hydrogens is 612 g/mol. The molecule has 258 valence electrons. The molecule has 0 aromatic heterocycles. The van der Waals surface area contributed by atoms with Gasteiger partial charge in [-0.1, -0.05) is 88.4 Å². The van der Waals surface area contributed by atoms with Gasteiger partial charge in [-0.2, -0.15) is 0 Å². The van der Waals surface area contributed by atoms with Crippen molar-refractivity contribution in [2.24, 2.45) is 0 Å². The van der Waals surface area contributed by atoms with Gasteiger partial charge < -0.3 is 28.4 Å². The zero-order chi connectivity index (χ0) is 35.0. The highest BCUT2D eigenvalue weighted by Gasteiger charge is 2.51. The number of hydrogen-bond donors (Lipinski definition) is 0. The largest absolute Gasteiger partial charge is 0.493 e. The lowest BCUT2D eigenvalue weighted by atomic mass is 9.66. The molecule has 0 bridgehead atoms. The number of benzene rings is 4. The van der Waals surface area contributed by atoms with Gasteiger partial charge in [0, 0.05) is 22.3 Å². The van der Waals surface area contributed by atoms with Crippen molar-refractivity contribution in [3.63, 3.8) is 0 Å². The molecule has 0 radical (unpaired) electrons. The van der Waals surface area contributed by atoms with Gasteiger partial charge in [0.15, 0.2) is 23.0 Å². The van der Waals surface area contributed by atoms with Crippen LogP contribution in [0.25, 0.3) is 11.1 Å². The molecule has 49 heavy (non-hydrogen) atoms. The van der Waals surface area contributed by atoms with E-state index in [0.29, 0.717) is 62.3 Å². The zero-order valence-corrected chi connectivity index (χ0v) is 29.9. The van der Waals surface area contributed by atoms with E-state index in [2.05, 4.69) is 87.7 Å². The molecule has 0 heterocycles. The summed E-state index contributed by atoms with van der Waals surface area (Å²) < 4.78 is 38.6. The predicted octanol–water partition coefficient (Wildman–Crippen LogP) is 10.6. The first-order valence-corrected chi connectivity index (χ1v) is 17.7. The molecule has 0 aliphatic heterocycles. The molecule has 6 heteroatoms. The quantitative estimate of drug-likeness (QED) is 0.0871. The molecule has 0 atom stereocenters. The molecule has 6 nitrogen and oxygen atoms in total. The Bertz CT molecular complexity index is 1660. The minimum Gasteiger partial charge on any atom is -0.493 e. The second-order valence-electron chi connectivity index (χ2n) is 11.8. The molecule has 0 spiro atoms. The Balaban J connectivity index is 2.12. The molecule has 5 rings (SSSR count). The molecule has 0 amide bonds. The first-order valence-electron chi connectivity index (χ1n) is 17.7. The highest BCUT2D eigenvalue weighted by Crippen LogP contribution is 2.63. The molecule has 0 fully saturated rings. The average Bonchev–Trinajstić information content (AvgIpc) is 3.41. The maximum Gasteiger partial charge on any atom is 0.175 e. The van der Waals surface area contributed by atoms with Crippen molar-refractivity contribution in [1.82, 2.24) is 0 Å². The van der Waals surface area contributed by atoms with Gasteiger partial charge in [0.2, 0.25) is 0 Å². The van der Waals surface area contributed by atoms with Gasteiger partial charge in [0.25, 0.3) is 0 Å². The summed E-state index contributed by atoms with van der Waals surface area (Å²) in [6.45, 7) is 22.0. The molecule has 0 N–H and O–H groups in total. The van der Waals surface area contributed by atoms with Crippen molar-refractivity contribution in [3.8, 4) is 45.6 Å². The van der Waals surface area contributed by atoms with Crippen LogP contribution in [0.15, 0.2) is 86.3 Å². The smallest absolute Gasteiger partial charge is 0.175 e. The van der Waals surface area contributed by atoms with E-state index in [1.165, 1.54) is 12.5 Å². The minimum atomic E-state index is -0.912. The summed E-state index contributed by atoms with van der Waals surface area (Å²) in [5.74, 6) is 4.05. The molecule has 1 aliphatic rings. The Morgan fingerprint density at radius 1 is 0.510 bits per heavy atom. The van der Waals surface area contributed by atoms with Crippen LogP contribution in [-0.2, 0) is 18.3 Å². The Morgan fingerprint density at radius 3 is 1.24 bits per heavy atom. The highest BCUT2D eigenvalue weighted by molar-refractivity contribution is 5.89. The van der Waals surface area contributed by atoms with Crippen LogP contribution in [0.1, 0.15) is 87.8 Å². The van der Waals surface area contributed by atoms with Crippen molar-refractivity contribution in [3.05, 3.63) is 120 Å². The van der Waals surface area contributed by atoms with Gasteiger partial charge in [-0.3, -0.25) is 0 Å². The van der Waals surface area contributed by atoms with Crippen LogP contribution in [0, 0.1) is 0 Å². The van der Waals surface area contributed by atoms with Crippen molar-refractivity contribution >= 4 is 0 Å². The lowest BCUT2D eigenvalue weighted by Gasteiger charge is -2.38. The summed E-state index contributed by atoms with van der Waals surface area (Å²) in [4.78, 5) is 0. The molecule has 1 aliphatic carbocycles. The van der Waals surface area contributed by atoms with Crippen LogP contribution >= 0.6 is 0 Å². The number of rotatable bonds is 18. The van der Waals surface area contributed by atoms with Gasteiger partial charge in [-0.25, -0.2) is 0 Å². The highest BCUT2D eigenvalue weighted by atomic mass is 16.5. The average molecular weight is 663 g/mol. The lowest BCUT2D eigenvalue weighted by molar-refractivity contribution is 0.300. The maximum atomic E-state index is 6.77. The normalized spacial score (nSPS) is 12.4. The SMILES string of the molecule is C=COc1c(OCC)cc(C2(c3cc(OCC)c(OC=C)c(CCC)c3OCC)c3ccccc3-c3ccccc32)c(OCC)c1CCC. The van der Waals surface area contributed by atoms with Crippen LogP contribution in [0.3, 0.4) is 0 Å². The second kappa shape index (κ2) is 16.0. The fourth-order valence-corrected chi connectivity index (χ4v) is 7.39. The number of ether oxygens (including phenoxy) is 6. The van der Waals surface area contributed by atoms with Crippen LogP contribution in [0.4, 0.5) is 0 Å². The molecule has 4 aromatic rings. The van der Waals surface area contributed by atoms with Crippen LogP contribution in [0.5, 0.6) is 34.5 Å². The van der Waals surface area contributed by atoms with Crippen molar-refractivity contribution < 1.29 is 28.4 Å². The number of fused-ring (bicyclic) bond motifs is 3. The summed E-state index contributed by atoms with van der Waals surface area (Å²) in [7, 11) is 0. The van der Waals surface area contributed by atoms with E-state index in [0.717, 1.165) is 68.8 Å². The van der Waals surface area contributed by atoms with E-state index in [1.54, 1.807) is 0 Å². The third kappa shape index (κ3) is 6.14. The topological polar surface area (TPSA) is 55.4 Å². The van der Waals surface area contributed by atoms with Crippen molar-refractivity contribution in [1.29, 1.82) is 0 Å². The van der Waals surface area contributed by atoms with E-state index < -0.39 is 5.41 Å². The van der Waals surface area contributed by atoms with Gasteiger partial charge in [0.1, 0.15) is 11.5 Å².